The van der Waals surface area contributed by atoms with E-state index in [1.165, 1.54) is 108 Å². The molecule has 8 rings (SSSR count). The van der Waals surface area contributed by atoms with Crippen molar-refractivity contribution in [3.8, 4) is 33.8 Å². The van der Waals surface area contributed by atoms with E-state index < -0.39 is 20.8 Å². The van der Waals surface area contributed by atoms with Crippen molar-refractivity contribution in [3.63, 3.8) is 0 Å². The fourth-order valence-electron chi connectivity index (χ4n) is 7.90. The van der Waals surface area contributed by atoms with Gasteiger partial charge in [-0.15, -0.1) is 69.1 Å². The molecule has 6 aromatic rings. The third kappa shape index (κ3) is 10.7. The Labute approximate surface area is 333 Å². The summed E-state index contributed by atoms with van der Waals surface area (Å²) in [4.78, 5) is 0. The standard InChI is InChI=1S/2C22H23O.C2H6Si.2ClH.Zr/c2*1-23-20-12-10-17(11-13-20)21-9-5-8-18-14-19(15-22(18)21)16-6-3-2-4-7-16;1-3-2;;;/h2*5,8-16H,2-4,6-7H2,1H3;1-2H3;2*1H;/q2*-1;;;;+4/p-2. The average molecular weight is 827 g/mol. The van der Waals surface area contributed by atoms with E-state index in [4.69, 9.17) is 26.5 Å². The third-order valence-electron chi connectivity index (χ3n) is 10.5. The Bertz CT molecular complexity index is 1780. The number of halogens is 2. The number of methoxy groups -OCH3 is 2. The van der Waals surface area contributed by atoms with Crippen molar-refractivity contribution in [2.45, 2.75) is 89.1 Å². The van der Waals surface area contributed by atoms with Crippen LogP contribution < -0.4 is 9.47 Å². The van der Waals surface area contributed by atoms with Crippen LogP contribution in [-0.2, 0) is 20.8 Å². The van der Waals surface area contributed by atoms with Crippen molar-refractivity contribution in [3.05, 3.63) is 120 Å². The molecule has 0 heterocycles. The zero-order valence-electron chi connectivity index (χ0n) is 31.2. The normalized spacial score (nSPS) is 14.6. The molecule has 2 aliphatic rings. The van der Waals surface area contributed by atoms with Crippen molar-refractivity contribution >= 4 is 48.1 Å². The topological polar surface area (TPSA) is 18.5 Å². The minimum atomic E-state index is -0.826. The van der Waals surface area contributed by atoms with Gasteiger partial charge in [-0.25, -0.2) is 0 Å². The predicted molar refractivity (Wildman–Crippen MR) is 224 cm³/mol. The van der Waals surface area contributed by atoms with Gasteiger partial charge in [-0.2, -0.15) is 12.1 Å². The van der Waals surface area contributed by atoms with Crippen molar-refractivity contribution < 1.29 is 30.3 Å². The van der Waals surface area contributed by atoms with E-state index in [2.05, 4.69) is 98.0 Å². The van der Waals surface area contributed by atoms with E-state index in [1.54, 1.807) is 25.3 Å². The van der Waals surface area contributed by atoms with Crippen LogP contribution in [0.3, 0.4) is 0 Å². The maximum atomic E-state index is 5.28. The number of hydrogen-bond donors (Lipinski definition) is 0. The summed E-state index contributed by atoms with van der Waals surface area (Å²) < 4.78 is 10.6. The second-order valence-corrected chi connectivity index (χ2v) is 18.6. The maximum absolute atomic E-state index is 5.28. The molecule has 0 unspecified atom stereocenters. The van der Waals surface area contributed by atoms with Crippen molar-refractivity contribution in [2.24, 2.45) is 0 Å². The summed E-state index contributed by atoms with van der Waals surface area (Å²) in [6.07, 6.45) is 13.8. The number of rotatable bonds is 6. The summed E-state index contributed by atoms with van der Waals surface area (Å²) in [7, 11) is 14.4. The number of fused-ring (bicyclic) bond motifs is 2. The molecule has 6 heteroatoms. The number of ether oxygens (including phenoxy) is 2. The van der Waals surface area contributed by atoms with Gasteiger partial charge in [0.2, 0.25) is 0 Å². The van der Waals surface area contributed by atoms with Crippen molar-refractivity contribution in [1.82, 2.24) is 0 Å². The molecule has 2 saturated carbocycles. The summed E-state index contributed by atoms with van der Waals surface area (Å²) in [5.74, 6) is 3.34. The van der Waals surface area contributed by atoms with Crippen LogP contribution in [-0.4, -0.2) is 23.7 Å². The van der Waals surface area contributed by atoms with E-state index in [9.17, 15) is 0 Å². The molecule has 2 radical (unpaired) electrons. The number of hydrogen-bond acceptors (Lipinski definition) is 2. The van der Waals surface area contributed by atoms with Crippen LogP contribution in [0.5, 0.6) is 11.5 Å². The molecule has 0 atom stereocenters. The zero-order valence-corrected chi connectivity index (χ0v) is 36.2. The predicted octanol–water partition coefficient (Wildman–Crippen LogP) is 14.7. The monoisotopic (exact) mass is 824 g/mol. The Morgan fingerprint density at radius 1 is 0.558 bits per heavy atom. The van der Waals surface area contributed by atoms with Crippen LogP contribution in [0.15, 0.2) is 109 Å². The summed E-state index contributed by atoms with van der Waals surface area (Å²) in [5, 5.41) is 5.52. The summed E-state index contributed by atoms with van der Waals surface area (Å²) in [6, 6.07) is 39.8. The van der Waals surface area contributed by atoms with Gasteiger partial charge < -0.3 is 9.47 Å². The first kappa shape index (κ1) is 40.6. The fraction of sp³-hybridized carbons (Fsp3) is 0.348. The van der Waals surface area contributed by atoms with Gasteiger partial charge in [0, 0.05) is 9.52 Å². The first-order chi connectivity index (χ1) is 25.5. The Morgan fingerprint density at radius 3 is 1.23 bits per heavy atom. The van der Waals surface area contributed by atoms with Crippen LogP contribution >= 0.6 is 17.0 Å². The van der Waals surface area contributed by atoms with Gasteiger partial charge in [-0.05, 0) is 72.9 Å². The molecule has 2 fully saturated rings. The second-order valence-electron chi connectivity index (χ2n) is 13.9. The quantitative estimate of drug-likeness (QED) is 0.123. The molecular weight excluding hydrogens is 775 g/mol. The van der Waals surface area contributed by atoms with E-state index in [0.29, 0.717) is 0 Å². The molecule has 6 aromatic carbocycles. The molecule has 0 bridgehead atoms. The van der Waals surface area contributed by atoms with Gasteiger partial charge in [-0.1, -0.05) is 99.1 Å². The van der Waals surface area contributed by atoms with Gasteiger partial charge in [0.05, 0.1) is 14.2 Å². The third-order valence-corrected chi connectivity index (χ3v) is 10.5. The van der Waals surface area contributed by atoms with Gasteiger partial charge in [0.1, 0.15) is 11.5 Å². The van der Waals surface area contributed by atoms with Gasteiger partial charge in [-0.3, -0.25) is 0 Å². The number of benzene rings is 4. The van der Waals surface area contributed by atoms with Gasteiger partial charge in [0.25, 0.3) is 0 Å². The van der Waals surface area contributed by atoms with Crippen LogP contribution in [0.4, 0.5) is 0 Å². The minimum absolute atomic E-state index is 0.764. The molecule has 2 nitrogen and oxygen atoms in total. The van der Waals surface area contributed by atoms with Crippen LogP contribution in [0, 0.1) is 0 Å². The average Bonchev–Trinajstić information content (AvgIpc) is 3.85. The first-order valence-electron chi connectivity index (χ1n) is 18.8. The Balaban J connectivity index is 0.000000175. The van der Waals surface area contributed by atoms with Gasteiger partial charge >= 0.3 is 37.9 Å². The molecule has 270 valence electrons. The summed E-state index contributed by atoms with van der Waals surface area (Å²) >= 11 is -0.826. The van der Waals surface area contributed by atoms with E-state index in [0.717, 1.165) is 32.9 Å². The Morgan fingerprint density at radius 2 is 0.904 bits per heavy atom. The van der Waals surface area contributed by atoms with Crippen molar-refractivity contribution in [1.29, 1.82) is 0 Å². The van der Waals surface area contributed by atoms with Gasteiger partial charge in [0.15, 0.2) is 0 Å². The van der Waals surface area contributed by atoms with Crippen molar-refractivity contribution in [2.75, 3.05) is 14.2 Å². The molecule has 0 N–H and O–H groups in total. The van der Waals surface area contributed by atoms with Crippen LogP contribution in [0.25, 0.3) is 43.8 Å². The molecule has 52 heavy (non-hydrogen) atoms. The summed E-state index contributed by atoms with van der Waals surface area (Å²) in [6.45, 7) is 4.31. The molecule has 0 aromatic heterocycles. The molecule has 2 aliphatic carbocycles. The Hall–Kier alpha value is -2.62. The van der Waals surface area contributed by atoms with Crippen LogP contribution in [0.1, 0.15) is 87.2 Å². The second kappa shape index (κ2) is 21.3. The fourth-order valence-corrected chi connectivity index (χ4v) is 7.90. The van der Waals surface area contributed by atoms with E-state index in [-0.39, 0.29) is 0 Å². The SMILES string of the molecule is COc1ccc(-c2cccc3[cH-]c(C4CCCCC4)cc23)cc1.COc1ccc(-c2cccc3[cH-]c(C4CCCCC4)cc23)cc1.C[Si]C.[Cl][Zr+2][Cl]. The first-order valence-corrected chi connectivity index (χ1v) is 27.1. The Kier molecular flexibility index (Phi) is 16.6. The van der Waals surface area contributed by atoms with E-state index in [1.807, 2.05) is 24.3 Å². The molecular formula is C46H52Cl2O2SiZr. The van der Waals surface area contributed by atoms with E-state index >= 15 is 0 Å². The molecule has 0 amide bonds. The zero-order chi connectivity index (χ0) is 36.7. The summed E-state index contributed by atoms with van der Waals surface area (Å²) in [5.41, 5.74) is 8.26. The molecule has 0 saturated heterocycles. The molecule has 0 spiro atoms. The van der Waals surface area contributed by atoms with Crippen LogP contribution in [0.2, 0.25) is 13.1 Å². The molecule has 0 aliphatic heterocycles.